The van der Waals surface area contributed by atoms with Gasteiger partial charge in [-0.3, -0.25) is 9.20 Å². The molecule has 1 aromatic carbocycles. The Morgan fingerprint density at radius 1 is 1.35 bits per heavy atom. The van der Waals surface area contributed by atoms with E-state index in [-0.39, 0.29) is 28.6 Å². The number of rotatable bonds is 7. The lowest BCUT2D eigenvalue weighted by Gasteiger charge is -2.15. The summed E-state index contributed by atoms with van der Waals surface area (Å²) in [5, 5.41) is 12.2. The Morgan fingerprint density at radius 3 is 2.55 bits per heavy atom. The van der Waals surface area contributed by atoms with Gasteiger partial charge >= 0.3 is 6.18 Å². The van der Waals surface area contributed by atoms with E-state index >= 15 is 0 Å². The number of aromatic nitrogens is 2. The lowest BCUT2D eigenvalue weighted by Crippen LogP contribution is -2.22. The summed E-state index contributed by atoms with van der Waals surface area (Å²) in [5.41, 5.74) is 2.29. The summed E-state index contributed by atoms with van der Waals surface area (Å²) >= 11 is 0. The number of aliphatic hydroxyl groups is 1. The molecule has 0 bridgehead atoms. The predicted octanol–water partition coefficient (Wildman–Crippen LogP) is 3.26. The number of anilines is 2. The molecule has 0 aliphatic rings. The van der Waals surface area contributed by atoms with Gasteiger partial charge in [-0.05, 0) is 32.0 Å². The van der Waals surface area contributed by atoms with Crippen LogP contribution in [0.3, 0.4) is 0 Å². The molecule has 12 heteroatoms. The van der Waals surface area contributed by atoms with Gasteiger partial charge in [0.1, 0.15) is 11.4 Å². The highest BCUT2D eigenvalue weighted by atomic mass is 32.2. The molecule has 0 aliphatic heterocycles. The van der Waals surface area contributed by atoms with E-state index in [4.69, 9.17) is 5.73 Å². The normalized spacial score (nSPS) is 14.1. The van der Waals surface area contributed by atoms with Crippen molar-refractivity contribution in [3.63, 3.8) is 0 Å². The van der Waals surface area contributed by atoms with E-state index in [1.807, 2.05) is 0 Å². The van der Waals surface area contributed by atoms with Crippen LogP contribution in [0.2, 0.25) is 0 Å². The van der Waals surface area contributed by atoms with Crippen LogP contribution < -0.4 is 11.1 Å². The summed E-state index contributed by atoms with van der Waals surface area (Å²) in [6, 6.07) is 3.72. The Morgan fingerprint density at radius 2 is 2.03 bits per heavy atom. The molecule has 31 heavy (non-hydrogen) atoms. The Labute approximate surface area is 178 Å². The first-order chi connectivity index (χ1) is 14.3. The van der Waals surface area contributed by atoms with Crippen LogP contribution >= 0.6 is 0 Å². The molecule has 0 unspecified atom stereocenters. The second-order valence-electron chi connectivity index (χ2n) is 7.08. The van der Waals surface area contributed by atoms with Crippen molar-refractivity contribution >= 4 is 34.2 Å². The number of nitrogens with zero attached hydrogens (tertiary/aromatic N) is 3. The number of nitrogens with two attached hydrogens (primary N) is 1. The molecule has 1 heterocycles. The first kappa shape index (κ1) is 24.4. The Balaban J connectivity index is 2.45. The molecule has 0 radical (unpaired) electrons. The highest BCUT2D eigenvalue weighted by Gasteiger charge is 2.36. The first-order valence-electron chi connectivity index (χ1n) is 8.80. The molecule has 0 spiro atoms. The van der Waals surface area contributed by atoms with Gasteiger partial charge < -0.3 is 16.2 Å². The van der Waals surface area contributed by atoms with Crippen LogP contribution in [0.4, 0.5) is 29.2 Å². The van der Waals surface area contributed by atoms with Crippen LogP contribution in [0.15, 0.2) is 40.5 Å². The molecule has 0 aliphatic carbocycles. The smallest absolute Gasteiger partial charge is 0.404 e. The fraction of sp³-hybridized carbons (Fsp3) is 0.316. The molecule has 2 aromatic rings. The molecule has 2 rings (SSSR count). The number of halogens is 4. The van der Waals surface area contributed by atoms with E-state index in [2.05, 4.69) is 20.3 Å². The summed E-state index contributed by atoms with van der Waals surface area (Å²) in [6.07, 6.45) is -0.907. The molecule has 0 fully saturated rings. The highest BCUT2D eigenvalue weighted by Crippen LogP contribution is 2.34. The number of hydrogen-bond acceptors (Lipinski definition) is 7. The van der Waals surface area contributed by atoms with Gasteiger partial charge in [0.2, 0.25) is 5.95 Å². The maximum absolute atomic E-state index is 14.3. The van der Waals surface area contributed by atoms with Crippen molar-refractivity contribution in [2.75, 3.05) is 18.1 Å². The zero-order valence-electron chi connectivity index (χ0n) is 16.9. The quantitative estimate of drug-likeness (QED) is 0.433. The largest absolute Gasteiger partial charge is 0.419 e. The fourth-order valence-electron chi connectivity index (χ4n) is 2.32. The molecular weight excluding hydrogens is 438 g/mol. The maximum Gasteiger partial charge on any atom is 0.419 e. The zero-order valence-corrected chi connectivity index (χ0v) is 17.7. The lowest BCUT2D eigenvalue weighted by molar-refractivity contribution is -0.138. The third kappa shape index (κ3) is 6.82. The van der Waals surface area contributed by atoms with E-state index in [9.17, 15) is 26.9 Å². The van der Waals surface area contributed by atoms with Crippen LogP contribution in [-0.4, -0.2) is 43.9 Å². The second-order valence-corrected chi connectivity index (χ2v) is 8.46. The molecule has 7 nitrogen and oxygen atoms in total. The summed E-state index contributed by atoms with van der Waals surface area (Å²) in [5.74, 6) is -1.10. The van der Waals surface area contributed by atoms with E-state index in [0.29, 0.717) is 6.20 Å². The fourth-order valence-corrected chi connectivity index (χ4v) is 2.85. The van der Waals surface area contributed by atoms with E-state index in [1.54, 1.807) is 0 Å². The van der Waals surface area contributed by atoms with E-state index in [0.717, 1.165) is 18.5 Å². The molecule has 168 valence electrons. The standard InChI is InChI=1S/C19H21F4N5O2S/c1-18(2,29)10-25-8-11(7-24)16-13(19(21,22)23)9-26-17(28-16)27-15-5-4-12(31(3)30)6-14(15)20/h4-9,29H,10,24H2,1-3H3,(H,26,27,28)/b11-7+,25-8?/t31-/m1/s1. The van der Waals surface area contributed by atoms with Gasteiger partial charge in [-0.2, -0.15) is 13.2 Å². The lowest BCUT2D eigenvalue weighted by atomic mass is 10.1. The topological polar surface area (TPSA) is 113 Å². The molecule has 1 atom stereocenters. The van der Waals surface area contributed by atoms with Crippen LogP contribution in [0.1, 0.15) is 25.1 Å². The molecular formula is C19H21F4N5O2S. The van der Waals surface area contributed by atoms with Crippen molar-refractivity contribution in [1.29, 1.82) is 0 Å². The summed E-state index contributed by atoms with van der Waals surface area (Å²) in [4.78, 5) is 11.6. The van der Waals surface area contributed by atoms with Crippen molar-refractivity contribution in [3.05, 3.63) is 47.7 Å². The first-order valence-corrected chi connectivity index (χ1v) is 10.4. The molecule has 4 N–H and O–H groups in total. The minimum absolute atomic E-state index is 0.0851. The Bertz CT molecular complexity index is 1030. The number of aliphatic imine (C=N–C) groups is 1. The van der Waals surface area contributed by atoms with Crippen molar-refractivity contribution in [2.45, 2.75) is 30.5 Å². The molecule has 0 amide bonds. The highest BCUT2D eigenvalue weighted by molar-refractivity contribution is 7.84. The maximum atomic E-state index is 14.3. The van der Waals surface area contributed by atoms with Gasteiger partial charge in [0.25, 0.3) is 0 Å². The number of nitrogens with one attached hydrogen (secondary N) is 1. The number of allylic oxidation sites excluding steroid dienone is 1. The van der Waals surface area contributed by atoms with Gasteiger partial charge in [0.05, 0.1) is 23.5 Å². The van der Waals surface area contributed by atoms with Crippen molar-refractivity contribution in [3.8, 4) is 0 Å². The number of hydrogen-bond donors (Lipinski definition) is 3. The minimum Gasteiger partial charge on any atom is -0.404 e. The van der Waals surface area contributed by atoms with Gasteiger partial charge in [-0.15, -0.1) is 0 Å². The Hall–Kier alpha value is -2.86. The van der Waals surface area contributed by atoms with E-state index in [1.165, 1.54) is 32.2 Å². The van der Waals surface area contributed by atoms with Gasteiger partial charge in [-0.1, -0.05) is 0 Å². The zero-order chi connectivity index (χ0) is 23.4. The average Bonchev–Trinajstić information content (AvgIpc) is 2.65. The minimum atomic E-state index is -4.79. The van der Waals surface area contributed by atoms with Crippen LogP contribution in [-0.2, 0) is 17.0 Å². The predicted molar refractivity (Wildman–Crippen MR) is 111 cm³/mol. The van der Waals surface area contributed by atoms with Crippen LogP contribution in [0.25, 0.3) is 5.57 Å². The molecule has 0 saturated carbocycles. The van der Waals surface area contributed by atoms with Gasteiger partial charge in [-0.25, -0.2) is 14.4 Å². The van der Waals surface area contributed by atoms with Gasteiger partial charge in [0.15, 0.2) is 0 Å². The Kier molecular flexibility index (Phi) is 7.49. The summed E-state index contributed by atoms with van der Waals surface area (Å²) < 4.78 is 66.1. The summed E-state index contributed by atoms with van der Waals surface area (Å²) in [6.45, 7) is 2.88. The summed E-state index contributed by atoms with van der Waals surface area (Å²) in [7, 11) is -1.41. The average molecular weight is 459 g/mol. The van der Waals surface area contributed by atoms with Crippen molar-refractivity contribution in [1.82, 2.24) is 9.97 Å². The third-order valence-electron chi connectivity index (χ3n) is 3.77. The number of alkyl halides is 3. The van der Waals surface area contributed by atoms with Crippen LogP contribution in [0.5, 0.6) is 0 Å². The second kappa shape index (κ2) is 9.52. The van der Waals surface area contributed by atoms with Crippen LogP contribution in [0, 0.1) is 5.82 Å². The monoisotopic (exact) mass is 459 g/mol. The van der Waals surface area contributed by atoms with Crippen molar-refractivity contribution in [2.24, 2.45) is 10.7 Å². The SMILES string of the molecule is C[S@@](=O)c1ccc(Nc2ncc(C(F)(F)F)c(/C(C=NCC(C)(C)O)=C/N)n2)c(F)c1. The van der Waals surface area contributed by atoms with Crippen molar-refractivity contribution < 1.29 is 26.9 Å². The third-order valence-corrected chi connectivity index (χ3v) is 4.69. The van der Waals surface area contributed by atoms with Gasteiger partial charge in [0, 0.05) is 46.1 Å². The molecule has 0 saturated heterocycles. The number of benzene rings is 1. The molecule has 1 aromatic heterocycles. The van der Waals surface area contributed by atoms with E-state index < -0.39 is 39.7 Å².